The van der Waals surface area contributed by atoms with Gasteiger partial charge in [0.1, 0.15) is 11.3 Å². The van der Waals surface area contributed by atoms with Crippen LogP contribution in [0.15, 0.2) is 36.7 Å². The Bertz CT molecular complexity index is 1500. The van der Waals surface area contributed by atoms with E-state index in [1.54, 1.807) is 4.52 Å². The summed E-state index contributed by atoms with van der Waals surface area (Å²) in [6, 6.07) is 8.28. The molecule has 1 saturated carbocycles. The van der Waals surface area contributed by atoms with Crippen LogP contribution in [-0.2, 0) is 4.74 Å². The Balaban J connectivity index is 1.24. The lowest BCUT2D eigenvalue weighted by Gasteiger charge is -2.43. The van der Waals surface area contributed by atoms with Gasteiger partial charge in [-0.15, -0.1) is 0 Å². The zero-order chi connectivity index (χ0) is 25.2. The van der Waals surface area contributed by atoms with Crippen LogP contribution in [0.5, 0.6) is 0 Å². The number of anilines is 1. The maximum absolute atomic E-state index is 12.8. The Morgan fingerprint density at radius 1 is 1.08 bits per heavy atom. The molecule has 186 valence electrons. The highest BCUT2D eigenvalue weighted by Gasteiger charge is 2.54. The lowest BCUT2D eigenvalue weighted by molar-refractivity contribution is 0.0106. The van der Waals surface area contributed by atoms with Crippen LogP contribution in [0.3, 0.4) is 0 Å². The van der Waals surface area contributed by atoms with Gasteiger partial charge in [-0.05, 0) is 77.3 Å². The number of rotatable bonds is 2. The zero-order valence-corrected chi connectivity index (χ0v) is 21.4. The second kappa shape index (κ2) is 7.88. The van der Waals surface area contributed by atoms with Gasteiger partial charge in [-0.2, -0.15) is 5.10 Å². The number of aromatic nitrogens is 5. The summed E-state index contributed by atoms with van der Waals surface area (Å²) < 4.78 is 7.47. The number of benzene rings is 1. The van der Waals surface area contributed by atoms with Crippen LogP contribution in [0.1, 0.15) is 44.9 Å². The molecule has 6 rings (SSSR count). The molecule has 2 fully saturated rings. The quantitative estimate of drug-likeness (QED) is 0.412. The van der Waals surface area contributed by atoms with E-state index >= 15 is 0 Å². The Morgan fingerprint density at radius 3 is 2.64 bits per heavy atom. The first-order valence-corrected chi connectivity index (χ1v) is 12.5. The van der Waals surface area contributed by atoms with Crippen molar-refractivity contribution in [3.63, 3.8) is 0 Å². The number of aryl methyl sites for hydroxylation is 2. The van der Waals surface area contributed by atoms with Gasteiger partial charge >= 0.3 is 6.09 Å². The minimum atomic E-state index is -0.487. The number of nitrogens with zero attached hydrogens (tertiary/aromatic N) is 7. The van der Waals surface area contributed by atoms with Crippen LogP contribution in [0.2, 0.25) is 0 Å². The van der Waals surface area contributed by atoms with Crippen LogP contribution >= 0.6 is 0 Å². The maximum atomic E-state index is 12.8. The number of hydrogen-bond acceptors (Lipinski definition) is 7. The summed E-state index contributed by atoms with van der Waals surface area (Å²) in [5, 5.41) is 5.65. The molecule has 1 saturated heterocycles. The minimum absolute atomic E-state index is 0.121. The number of amides is 1. The molecule has 9 nitrogen and oxygen atoms in total. The molecule has 0 bridgehead atoms. The van der Waals surface area contributed by atoms with E-state index < -0.39 is 5.60 Å². The van der Waals surface area contributed by atoms with Crippen molar-refractivity contribution < 1.29 is 9.53 Å². The Labute approximate surface area is 210 Å². The number of carbonyl (C=O) groups excluding carboxylic acids is 1. The molecule has 0 atom stereocenters. The van der Waals surface area contributed by atoms with Gasteiger partial charge in [0.2, 0.25) is 0 Å². The molecular formula is C27H31N7O2. The summed E-state index contributed by atoms with van der Waals surface area (Å²) in [6.07, 6.45) is 5.60. The van der Waals surface area contributed by atoms with Gasteiger partial charge in [-0.1, -0.05) is 0 Å². The fraction of sp³-hybridized carbons (Fsp3) is 0.444. The average molecular weight is 486 g/mol. The van der Waals surface area contributed by atoms with Crippen molar-refractivity contribution in [1.82, 2.24) is 29.5 Å². The smallest absolute Gasteiger partial charge is 0.410 e. The predicted octanol–water partition coefficient (Wildman–Crippen LogP) is 4.55. The second-order valence-corrected chi connectivity index (χ2v) is 11.1. The molecule has 4 heterocycles. The van der Waals surface area contributed by atoms with E-state index in [9.17, 15) is 4.79 Å². The predicted molar refractivity (Wildman–Crippen MR) is 138 cm³/mol. The normalized spacial score (nSPS) is 17.2. The van der Waals surface area contributed by atoms with E-state index in [4.69, 9.17) is 9.72 Å². The summed E-state index contributed by atoms with van der Waals surface area (Å²) in [5.74, 6) is 0.592. The fourth-order valence-electron chi connectivity index (χ4n) is 5.07. The van der Waals surface area contributed by atoms with Gasteiger partial charge in [-0.25, -0.2) is 24.3 Å². The van der Waals surface area contributed by atoms with Crippen molar-refractivity contribution in [3.8, 4) is 11.5 Å². The largest absolute Gasteiger partial charge is 0.444 e. The lowest BCUT2D eigenvalue weighted by atomic mass is 10.1. The molecule has 0 unspecified atom stereocenters. The summed E-state index contributed by atoms with van der Waals surface area (Å²) in [5.41, 5.74) is 4.92. The molecule has 1 amide bonds. The number of carbonyl (C=O) groups is 1. The van der Waals surface area contributed by atoms with Crippen molar-refractivity contribution in [2.75, 3.05) is 24.5 Å². The van der Waals surface area contributed by atoms with Crippen LogP contribution in [-0.4, -0.2) is 66.3 Å². The molecule has 3 aromatic heterocycles. The molecule has 0 N–H and O–H groups in total. The topological polar surface area (TPSA) is 88.8 Å². The van der Waals surface area contributed by atoms with Gasteiger partial charge in [0, 0.05) is 36.9 Å². The van der Waals surface area contributed by atoms with Gasteiger partial charge in [0.15, 0.2) is 11.5 Å². The number of fused-ring (bicyclic) bond motifs is 2. The number of imidazole rings is 1. The molecular weight excluding hydrogens is 454 g/mol. The van der Waals surface area contributed by atoms with Gasteiger partial charge in [-0.3, -0.25) is 4.90 Å². The van der Waals surface area contributed by atoms with Crippen molar-refractivity contribution in [2.24, 2.45) is 0 Å². The third kappa shape index (κ3) is 4.02. The minimum Gasteiger partial charge on any atom is -0.444 e. The molecule has 1 aliphatic carbocycles. The van der Waals surface area contributed by atoms with E-state index in [2.05, 4.69) is 32.1 Å². The molecule has 1 aliphatic heterocycles. The highest BCUT2D eigenvalue weighted by molar-refractivity contribution is 5.83. The van der Waals surface area contributed by atoms with E-state index in [0.717, 1.165) is 65.1 Å². The highest BCUT2D eigenvalue weighted by atomic mass is 16.6. The second-order valence-electron chi connectivity index (χ2n) is 11.1. The highest BCUT2D eigenvalue weighted by Crippen LogP contribution is 2.45. The van der Waals surface area contributed by atoms with Crippen molar-refractivity contribution in [1.29, 1.82) is 0 Å². The molecule has 1 spiro atoms. The molecule has 4 aromatic rings. The molecule has 9 heteroatoms. The van der Waals surface area contributed by atoms with Crippen LogP contribution in [0.4, 0.5) is 10.5 Å². The fourth-order valence-corrected chi connectivity index (χ4v) is 5.07. The van der Waals surface area contributed by atoms with Crippen LogP contribution in [0, 0.1) is 13.8 Å². The van der Waals surface area contributed by atoms with Gasteiger partial charge in [0.05, 0.1) is 22.9 Å². The molecule has 0 radical (unpaired) electrons. The Morgan fingerprint density at radius 2 is 1.89 bits per heavy atom. The van der Waals surface area contributed by atoms with E-state index in [-0.39, 0.29) is 11.6 Å². The third-order valence-corrected chi connectivity index (χ3v) is 6.98. The zero-order valence-electron chi connectivity index (χ0n) is 21.4. The Kier molecular flexibility index (Phi) is 4.97. The number of ether oxygens (including phenoxy) is 1. The van der Waals surface area contributed by atoms with Gasteiger partial charge in [0.25, 0.3) is 0 Å². The SMILES string of the molecule is Cc1cn2nc(-c3ncc4cc(N5CCN(C(=O)OC(C)(C)C)C6(CC6)C5)ccc4n3)cc(C)c2n1. The lowest BCUT2D eigenvalue weighted by Crippen LogP contribution is -2.58. The van der Waals surface area contributed by atoms with Crippen LogP contribution in [0.25, 0.3) is 28.1 Å². The van der Waals surface area contributed by atoms with E-state index in [0.29, 0.717) is 12.4 Å². The van der Waals surface area contributed by atoms with E-state index in [1.807, 2.05) is 64.0 Å². The van der Waals surface area contributed by atoms with Crippen LogP contribution < -0.4 is 4.90 Å². The number of piperazine rings is 1. The summed E-state index contributed by atoms with van der Waals surface area (Å²) in [7, 11) is 0. The first-order chi connectivity index (χ1) is 17.1. The van der Waals surface area contributed by atoms with Crippen molar-refractivity contribution in [2.45, 2.75) is 58.6 Å². The summed E-state index contributed by atoms with van der Waals surface area (Å²) >= 11 is 0. The average Bonchev–Trinajstić information content (AvgIpc) is 3.46. The first-order valence-electron chi connectivity index (χ1n) is 12.5. The molecule has 2 aliphatic rings. The third-order valence-electron chi connectivity index (χ3n) is 6.98. The molecule has 1 aromatic carbocycles. The monoisotopic (exact) mass is 485 g/mol. The maximum Gasteiger partial charge on any atom is 0.410 e. The summed E-state index contributed by atoms with van der Waals surface area (Å²) in [6.45, 7) is 12.0. The standard InChI is InChI=1S/C27H31N7O2/c1-17-12-22(31-34-15-18(2)29-24(17)34)23-28-14-19-13-20(6-7-21(19)30-23)32-10-11-33(27(16-32)8-9-27)25(35)36-26(3,4)5/h6-7,12-15H,8-11,16H2,1-5H3. The number of hydrogen-bond donors (Lipinski definition) is 0. The van der Waals surface area contributed by atoms with Crippen molar-refractivity contribution in [3.05, 3.63) is 47.9 Å². The first kappa shape index (κ1) is 22.7. The van der Waals surface area contributed by atoms with Gasteiger partial charge < -0.3 is 9.64 Å². The molecule has 36 heavy (non-hydrogen) atoms. The Hall–Kier alpha value is -3.75. The van der Waals surface area contributed by atoms with E-state index in [1.165, 1.54) is 0 Å². The van der Waals surface area contributed by atoms with Crippen molar-refractivity contribution >= 4 is 28.3 Å². The summed E-state index contributed by atoms with van der Waals surface area (Å²) in [4.78, 5) is 31.1.